The number of rotatable bonds is 4. The van der Waals surface area contributed by atoms with Crippen LogP contribution in [-0.2, 0) is 11.2 Å². The van der Waals surface area contributed by atoms with E-state index in [1.807, 2.05) is 37.3 Å². The van der Waals surface area contributed by atoms with E-state index in [-0.39, 0.29) is 5.91 Å². The zero-order chi connectivity index (χ0) is 15.4. The number of aryl methyl sites for hydroxylation is 1. The van der Waals surface area contributed by atoms with Gasteiger partial charge in [0, 0.05) is 19.2 Å². The van der Waals surface area contributed by atoms with Crippen LogP contribution in [0, 0.1) is 6.92 Å². The zero-order valence-corrected chi connectivity index (χ0v) is 12.7. The minimum absolute atomic E-state index is 0.0552. The van der Waals surface area contributed by atoms with Crippen molar-refractivity contribution < 1.29 is 4.79 Å². The second kappa shape index (κ2) is 6.56. The first kappa shape index (κ1) is 14.5. The predicted octanol–water partition coefficient (Wildman–Crippen LogP) is 2.57. The average molecular weight is 296 g/mol. The molecule has 0 radical (unpaired) electrons. The Morgan fingerprint density at radius 1 is 1.23 bits per heavy atom. The number of carbonyl (C=O) groups excluding carboxylic acids is 1. The van der Waals surface area contributed by atoms with Crippen molar-refractivity contribution in [2.45, 2.75) is 26.2 Å². The molecule has 0 unspecified atom stereocenters. The van der Waals surface area contributed by atoms with E-state index in [9.17, 15) is 4.79 Å². The van der Waals surface area contributed by atoms with Crippen molar-refractivity contribution in [2.75, 3.05) is 23.3 Å². The molecule has 5 nitrogen and oxygen atoms in total. The Bertz CT molecular complexity index is 665. The minimum atomic E-state index is -0.0552. The van der Waals surface area contributed by atoms with Crippen LogP contribution in [-0.4, -0.2) is 29.0 Å². The lowest BCUT2D eigenvalue weighted by molar-refractivity contribution is -0.115. The fourth-order valence-electron chi connectivity index (χ4n) is 2.70. The third kappa shape index (κ3) is 3.42. The largest absolute Gasteiger partial charge is 0.356 e. The molecule has 1 N–H and O–H groups in total. The number of nitrogens with one attached hydrogen (secondary N) is 1. The summed E-state index contributed by atoms with van der Waals surface area (Å²) in [6.45, 7) is 4.06. The van der Waals surface area contributed by atoms with E-state index in [1.54, 1.807) is 0 Å². The summed E-state index contributed by atoms with van der Waals surface area (Å²) in [7, 11) is 0. The molecule has 0 spiro atoms. The van der Waals surface area contributed by atoms with Gasteiger partial charge in [-0.3, -0.25) is 4.79 Å². The highest BCUT2D eigenvalue weighted by atomic mass is 16.1. The van der Waals surface area contributed by atoms with Crippen LogP contribution in [0.2, 0.25) is 0 Å². The number of hydrogen-bond donors (Lipinski definition) is 1. The summed E-state index contributed by atoms with van der Waals surface area (Å²) in [5.41, 5.74) is 2.16. The Labute approximate surface area is 130 Å². The number of aromatic nitrogens is 2. The maximum atomic E-state index is 12.2. The van der Waals surface area contributed by atoms with Gasteiger partial charge in [-0.05, 0) is 30.9 Å². The van der Waals surface area contributed by atoms with Crippen LogP contribution in [0.15, 0.2) is 36.7 Å². The van der Waals surface area contributed by atoms with Crippen LogP contribution in [0.25, 0.3) is 0 Å². The van der Waals surface area contributed by atoms with Gasteiger partial charge in [0.2, 0.25) is 5.91 Å². The topological polar surface area (TPSA) is 58.1 Å². The first-order valence-corrected chi connectivity index (χ1v) is 7.64. The number of benzene rings is 1. The zero-order valence-electron chi connectivity index (χ0n) is 12.7. The Hall–Kier alpha value is -2.43. The summed E-state index contributed by atoms with van der Waals surface area (Å²) in [5.74, 6) is 1.40. The average Bonchev–Trinajstić information content (AvgIpc) is 3.04. The van der Waals surface area contributed by atoms with E-state index in [0.717, 1.165) is 30.0 Å². The third-order valence-corrected chi connectivity index (χ3v) is 3.96. The number of nitrogens with zero attached hydrogens (tertiary/aromatic N) is 3. The van der Waals surface area contributed by atoms with E-state index in [2.05, 4.69) is 20.2 Å². The molecule has 2 heterocycles. The lowest BCUT2D eigenvalue weighted by Crippen LogP contribution is -2.20. The molecule has 1 aliphatic heterocycles. The van der Waals surface area contributed by atoms with Gasteiger partial charge in [0.05, 0.1) is 6.42 Å². The summed E-state index contributed by atoms with van der Waals surface area (Å²) in [6, 6.07) is 9.76. The van der Waals surface area contributed by atoms with Crippen molar-refractivity contribution >= 4 is 17.5 Å². The highest BCUT2D eigenvalue weighted by molar-refractivity contribution is 5.91. The molecule has 1 aliphatic rings. The molecule has 1 saturated heterocycles. The van der Waals surface area contributed by atoms with Crippen molar-refractivity contribution in [3.05, 3.63) is 47.8 Å². The molecule has 3 rings (SSSR count). The number of carbonyl (C=O) groups is 1. The Balaban J connectivity index is 1.66. The number of hydrogen-bond acceptors (Lipinski definition) is 4. The van der Waals surface area contributed by atoms with Gasteiger partial charge in [-0.25, -0.2) is 9.97 Å². The molecule has 22 heavy (non-hydrogen) atoms. The molecule has 5 heteroatoms. The summed E-state index contributed by atoms with van der Waals surface area (Å²) < 4.78 is 0. The van der Waals surface area contributed by atoms with Crippen LogP contribution >= 0.6 is 0 Å². The van der Waals surface area contributed by atoms with Crippen LogP contribution in [0.3, 0.4) is 0 Å². The second-order valence-corrected chi connectivity index (χ2v) is 5.61. The SMILES string of the molecule is Cc1ccccc1CC(=O)Nc1cc(N2CCCC2)ncn1. The van der Waals surface area contributed by atoms with Crippen molar-refractivity contribution in [2.24, 2.45) is 0 Å². The molecule has 0 bridgehead atoms. The van der Waals surface area contributed by atoms with Gasteiger partial charge in [0.25, 0.3) is 0 Å². The third-order valence-electron chi connectivity index (χ3n) is 3.96. The summed E-state index contributed by atoms with van der Waals surface area (Å²) in [5, 5.41) is 2.86. The van der Waals surface area contributed by atoms with Gasteiger partial charge in [-0.1, -0.05) is 24.3 Å². The highest BCUT2D eigenvalue weighted by Crippen LogP contribution is 2.19. The Morgan fingerprint density at radius 3 is 2.77 bits per heavy atom. The molecule has 1 fully saturated rings. The van der Waals surface area contributed by atoms with Crippen LogP contribution in [0.4, 0.5) is 11.6 Å². The fraction of sp³-hybridized carbons (Fsp3) is 0.353. The maximum absolute atomic E-state index is 12.2. The Kier molecular flexibility index (Phi) is 4.32. The fourth-order valence-corrected chi connectivity index (χ4v) is 2.70. The number of amides is 1. The van der Waals surface area contributed by atoms with E-state index in [0.29, 0.717) is 12.2 Å². The summed E-state index contributed by atoms with van der Waals surface area (Å²) in [6.07, 6.45) is 4.25. The van der Waals surface area contributed by atoms with Crippen LogP contribution in [0.5, 0.6) is 0 Å². The first-order chi connectivity index (χ1) is 10.7. The maximum Gasteiger partial charge on any atom is 0.229 e. The normalized spacial score (nSPS) is 14.1. The molecule has 114 valence electrons. The van der Waals surface area contributed by atoms with Crippen LogP contribution in [0.1, 0.15) is 24.0 Å². The van der Waals surface area contributed by atoms with Gasteiger partial charge in [-0.15, -0.1) is 0 Å². The molecule has 0 atom stereocenters. The van der Waals surface area contributed by atoms with Crippen molar-refractivity contribution in [1.29, 1.82) is 0 Å². The van der Waals surface area contributed by atoms with E-state index >= 15 is 0 Å². The lowest BCUT2D eigenvalue weighted by atomic mass is 10.1. The molecule has 1 aromatic heterocycles. The quantitative estimate of drug-likeness (QED) is 0.942. The van der Waals surface area contributed by atoms with Crippen LogP contribution < -0.4 is 10.2 Å². The number of anilines is 2. The van der Waals surface area contributed by atoms with Crippen molar-refractivity contribution in [3.8, 4) is 0 Å². The summed E-state index contributed by atoms with van der Waals surface area (Å²) >= 11 is 0. The molecular weight excluding hydrogens is 276 g/mol. The van der Waals surface area contributed by atoms with Gasteiger partial charge in [-0.2, -0.15) is 0 Å². The standard InChI is InChI=1S/C17H20N4O/c1-13-6-2-3-7-14(13)10-17(22)20-15-11-16(19-12-18-15)21-8-4-5-9-21/h2-3,6-7,11-12H,4-5,8-10H2,1H3,(H,18,19,20,22). The molecule has 0 aliphatic carbocycles. The smallest absolute Gasteiger partial charge is 0.229 e. The van der Waals surface area contributed by atoms with Gasteiger partial charge in [0.15, 0.2) is 0 Å². The molecule has 2 aromatic rings. The summed E-state index contributed by atoms with van der Waals surface area (Å²) in [4.78, 5) is 22.8. The van der Waals surface area contributed by atoms with Gasteiger partial charge in [0.1, 0.15) is 18.0 Å². The second-order valence-electron chi connectivity index (χ2n) is 5.61. The first-order valence-electron chi connectivity index (χ1n) is 7.64. The molecular formula is C17H20N4O. The van der Waals surface area contributed by atoms with Crippen molar-refractivity contribution in [1.82, 2.24) is 9.97 Å². The van der Waals surface area contributed by atoms with Gasteiger partial charge < -0.3 is 10.2 Å². The van der Waals surface area contributed by atoms with Crippen molar-refractivity contribution in [3.63, 3.8) is 0 Å². The lowest BCUT2D eigenvalue weighted by Gasteiger charge is -2.16. The van der Waals surface area contributed by atoms with Gasteiger partial charge >= 0.3 is 0 Å². The van der Waals surface area contributed by atoms with E-state index in [4.69, 9.17) is 0 Å². The monoisotopic (exact) mass is 296 g/mol. The molecule has 1 aromatic carbocycles. The predicted molar refractivity (Wildman–Crippen MR) is 87.0 cm³/mol. The van der Waals surface area contributed by atoms with E-state index < -0.39 is 0 Å². The van der Waals surface area contributed by atoms with E-state index in [1.165, 1.54) is 19.2 Å². The Morgan fingerprint density at radius 2 is 2.00 bits per heavy atom. The minimum Gasteiger partial charge on any atom is -0.356 e. The highest BCUT2D eigenvalue weighted by Gasteiger charge is 2.14. The molecule has 1 amide bonds. The molecule has 0 saturated carbocycles.